The van der Waals surface area contributed by atoms with Gasteiger partial charge in [-0.25, -0.2) is 0 Å². The third-order valence-electron chi connectivity index (χ3n) is 1.98. The van der Waals surface area contributed by atoms with E-state index in [9.17, 15) is 0 Å². The van der Waals surface area contributed by atoms with E-state index in [2.05, 4.69) is 17.1 Å². The van der Waals surface area contributed by atoms with E-state index in [0.717, 1.165) is 16.6 Å². The zero-order valence-electron chi connectivity index (χ0n) is 7.32. The Labute approximate surface area is 81.2 Å². The average Bonchev–Trinajstić information content (AvgIpc) is 2.18. The first-order valence-corrected chi connectivity index (χ1v) is 5.22. The summed E-state index contributed by atoms with van der Waals surface area (Å²) >= 11 is 1.71. The van der Waals surface area contributed by atoms with Crippen molar-refractivity contribution in [2.24, 2.45) is 0 Å². The number of anilines is 1. The number of rotatable bonds is 1. The molecule has 0 bridgehead atoms. The Morgan fingerprint density at radius 2 is 2.15 bits per heavy atom. The number of aromatic nitrogens is 1. The van der Waals surface area contributed by atoms with Crippen LogP contribution in [0, 0.1) is 0 Å². The lowest BCUT2D eigenvalue weighted by atomic mass is 10.2. The Hall–Kier alpha value is -1.22. The molecule has 0 amide bonds. The molecule has 2 aromatic rings. The van der Waals surface area contributed by atoms with Gasteiger partial charge in [-0.15, -0.1) is 11.8 Å². The first-order chi connectivity index (χ1) is 6.31. The molecule has 0 atom stereocenters. The van der Waals surface area contributed by atoms with E-state index in [4.69, 9.17) is 5.73 Å². The minimum atomic E-state index is 0.793. The molecule has 3 heteroatoms. The monoisotopic (exact) mass is 190 g/mol. The molecule has 1 heterocycles. The van der Waals surface area contributed by atoms with Gasteiger partial charge < -0.3 is 5.73 Å². The van der Waals surface area contributed by atoms with Crippen LogP contribution in [0.3, 0.4) is 0 Å². The normalized spacial score (nSPS) is 10.5. The van der Waals surface area contributed by atoms with Gasteiger partial charge in [0.2, 0.25) is 0 Å². The SMILES string of the molecule is CSc1ccc2nccc(N)c2c1. The fourth-order valence-electron chi connectivity index (χ4n) is 1.27. The predicted molar refractivity (Wildman–Crippen MR) is 57.9 cm³/mol. The zero-order chi connectivity index (χ0) is 9.26. The number of hydrogen-bond acceptors (Lipinski definition) is 3. The molecule has 0 unspecified atom stereocenters. The van der Waals surface area contributed by atoms with Crippen LogP contribution in [0.1, 0.15) is 0 Å². The Morgan fingerprint density at radius 1 is 1.31 bits per heavy atom. The van der Waals surface area contributed by atoms with E-state index < -0.39 is 0 Å². The summed E-state index contributed by atoms with van der Waals surface area (Å²) < 4.78 is 0. The molecular formula is C10H10N2S. The van der Waals surface area contributed by atoms with Crippen LogP contribution in [0.25, 0.3) is 10.9 Å². The minimum absolute atomic E-state index is 0.793. The Morgan fingerprint density at radius 3 is 2.92 bits per heavy atom. The maximum atomic E-state index is 5.83. The van der Waals surface area contributed by atoms with Crippen molar-refractivity contribution >= 4 is 28.4 Å². The lowest BCUT2D eigenvalue weighted by Gasteiger charge is -2.02. The van der Waals surface area contributed by atoms with E-state index in [0.29, 0.717) is 0 Å². The van der Waals surface area contributed by atoms with Gasteiger partial charge in [-0.2, -0.15) is 0 Å². The topological polar surface area (TPSA) is 38.9 Å². The molecule has 0 radical (unpaired) electrons. The number of nitrogens with two attached hydrogens (primary N) is 1. The number of hydrogen-bond donors (Lipinski definition) is 1. The molecule has 13 heavy (non-hydrogen) atoms. The summed E-state index contributed by atoms with van der Waals surface area (Å²) in [5.74, 6) is 0. The van der Waals surface area contributed by atoms with Gasteiger partial charge in [0.25, 0.3) is 0 Å². The van der Waals surface area contributed by atoms with Crippen molar-refractivity contribution < 1.29 is 0 Å². The van der Waals surface area contributed by atoms with Gasteiger partial charge in [0.15, 0.2) is 0 Å². The van der Waals surface area contributed by atoms with Gasteiger partial charge in [0, 0.05) is 22.2 Å². The largest absolute Gasteiger partial charge is 0.398 e. The van der Waals surface area contributed by atoms with Crippen LogP contribution in [-0.2, 0) is 0 Å². The third-order valence-corrected chi connectivity index (χ3v) is 2.71. The van der Waals surface area contributed by atoms with Gasteiger partial charge in [-0.3, -0.25) is 4.98 Å². The number of thioether (sulfide) groups is 1. The van der Waals surface area contributed by atoms with Crippen LogP contribution in [-0.4, -0.2) is 11.2 Å². The zero-order valence-corrected chi connectivity index (χ0v) is 8.14. The van der Waals surface area contributed by atoms with Gasteiger partial charge in [0.1, 0.15) is 0 Å². The standard InChI is InChI=1S/C10H10N2S/c1-13-7-2-3-10-8(6-7)9(11)4-5-12-10/h2-6H,1H3,(H2,11,12). The second-order valence-electron chi connectivity index (χ2n) is 2.78. The molecule has 0 saturated carbocycles. The highest BCUT2D eigenvalue weighted by Gasteiger charge is 1.99. The van der Waals surface area contributed by atoms with Crippen molar-refractivity contribution in [2.75, 3.05) is 12.0 Å². The van der Waals surface area contributed by atoms with Gasteiger partial charge in [-0.05, 0) is 30.5 Å². The summed E-state index contributed by atoms with van der Waals surface area (Å²) in [6.07, 6.45) is 3.78. The highest BCUT2D eigenvalue weighted by molar-refractivity contribution is 7.98. The summed E-state index contributed by atoms with van der Waals surface area (Å²) in [7, 11) is 0. The summed E-state index contributed by atoms with van der Waals surface area (Å²) in [6.45, 7) is 0. The number of nitrogen functional groups attached to an aromatic ring is 1. The van der Waals surface area contributed by atoms with Gasteiger partial charge >= 0.3 is 0 Å². The maximum absolute atomic E-state index is 5.83. The predicted octanol–water partition coefficient (Wildman–Crippen LogP) is 2.54. The average molecular weight is 190 g/mol. The first kappa shape index (κ1) is 8.38. The second kappa shape index (κ2) is 3.26. The highest BCUT2D eigenvalue weighted by Crippen LogP contribution is 2.24. The van der Waals surface area contributed by atoms with E-state index in [1.165, 1.54) is 4.90 Å². The van der Waals surface area contributed by atoms with Crippen LogP contribution in [0.2, 0.25) is 0 Å². The lowest BCUT2D eigenvalue weighted by molar-refractivity contribution is 1.39. The molecule has 0 fully saturated rings. The quantitative estimate of drug-likeness (QED) is 0.702. The second-order valence-corrected chi connectivity index (χ2v) is 3.66. The number of nitrogens with zero attached hydrogens (tertiary/aromatic N) is 1. The van der Waals surface area contributed by atoms with Gasteiger partial charge in [-0.1, -0.05) is 0 Å². The van der Waals surface area contributed by atoms with Crippen molar-refractivity contribution in [2.45, 2.75) is 4.90 Å². The minimum Gasteiger partial charge on any atom is -0.398 e. The van der Waals surface area contributed by atoms with E-state index in [1.54, 1.807) is 18.0 Å². The van der Waals surface area contributed by atoms with E-state index in [1.807, 2.05) is 18.4 Å². The molecule has 66 valence electrons. The van der Waals surface area contributed by atoms with E-state index >= 15 is 0 Å². The molecule has 1 aromatic carbocycles. The highest BCUT2D eigenvalue weighted by atomic mass is 32.2. The van der Waals surface area contributed by atoms with Crippen LogP contribution < -0.4 is 5.73 Å². The summed E-state index contributed by atoms with van der Waals surface area (Å²) in [4.78, 5) is 5.44. The van der Waals surface area contributed by atoms with Crippen LogP contribution in [0.15, 0.2) is 35.4 Å². The molecule has 1 aromatic heterocycles. The Balaban J connectivity index is 2.74. The molecule has 0 aliphatic heterocycles. The van der Waals surface area contributed by atoms with Crippen molar-refractivity contribution in [1.82, 2.24) is 4.98 Å². The van der Waals surface area contributed by atoms with Gasteiger partial charge in [0.05, 0.1) is 5.52 Å². The molecule has 0 aliphatic rings. The lowest BCUT2D eigenvalue weighted by Crippen LogP contribution is -1.88. The molecule has 2 N–H and O–H groups in total. The number of pyridine rings is 1. The smallest absolute Gasteiger partial charge is 0.0723 e. The first-order valence-electron chi connectivity index (χ1n) is 3.99. The molecule has 0 saturated heterocycles. The van der Waals surface area contributed by atoms with Crippen molar-refractivity contribution in [1.29, 1.82) is 0 Å². The Kier molecular flexibility index (Phi) is 2.10. The van der Waals surface area contributed by atoms with Crippen LogP contribution >= 0.6 is 11.8 Å². The number of benzene rings is 1. The van der Waals surface area contributed by atoms with Crippen molar-refractivity contribution in [3.05, 3.63) is 30.5 Å². The molecule has 2 rings (SSSR count). The van der Waals surface area contributed by atoms with E-state index in [-0.39, 0.29) is 0 Å². The third kappa shape index (κ3) is 1.47. The Bertz CT molecular complexity index is 440. The van der Waals surface area contributed by atoms with Crippen LogP contribution in [0.5, 0.6) is 0 Å². The molecule has 2 nitrogen and oxygen atoms in total. The molecule has 0 spiro atoms. The fourth-order valence-corrected chi connectivity index (χ4v) is 1.71. The summed E-state index contributed by atoms with van der Waals surface area (Å²) in [5, 5.41) is 1.04. The number of fused-ring (bicyclic) bond motifs is 1. The maximum Gasteiger partial charge on any atom is 0.0723 e. The fraction of sp³-hybridized carbons (Fsp3) is 0.100. The van der Waals surface area contributed by atoms with Crippen LogP contribution in [0.4, 0.5) is 5.69 Å². The molecular weight excluding hydrogens is 180 g/mol. The van der Waals surface area contributed by atoms with Crippen molar-refractivity contribution in [3.8, 4) is 0 Å². The van der Waals surface area contributed by atoms with Crippen molar-refractivity contribution in [3.63, 3.8) is 0 Å². The molecule has 0 aliphatic carbocycles. The summed E-state index contributed by atoms with van der Waals surface area (Å²) in [5.41, 5.74) is 7.58. The summed E-state index contributed by atoms with van der Waals surface area (Å²) in [6, 6.07) is 7.95.